The van der Waals surface area contributed by atoms with E-state index in [0.717, 1.165) is 13.1 Å². The molecule has 3 aromatic rings. The number of nitrogens with zero attached hydrogens (tertiary/aromatic N) is 3. The van der Waals surface area contributed by atoms with E-state index in [1.54, 1.807) is 0 Å². The molecule has 2 heterocycles. The average molecular weight is 266 g/mol. The molecular weight excluding hydrogens is 248 g/mol. The molecule has 0 aliphatic rings. The van der Waals surface area contributed by atoms with Gasteiger partial charge in [0.1, 0.15) is 0 Å². The molecule has 0 aliphatic heterocycles. The lowest BCUT2D eigenvalue weighted by Gasteiger charge is -2.14. The molecule has 2 aromatic heterocycles. The van der Waals surface area contributed by atoms with Crippen molar-refractivity contribution in [1.29, 1.82) is 0 Å². The van der Waals surface area contributed by atoms with E-state index in [0.29, 0.717) is 6.04 Å². The Morgan fingerprint density at radius 3 is 3.00 bits per heavy atom. The van der Waals surface area contributed by atoms with E-state index in [4.69, 9.17) is 0 Å². The molecule has 20 heavy (non-hydrogen) atoms. The lowest BCUT2D eigenvalue weighted by atomic mass is 10.1. The van der Waals surface area contributed by atoms with Crippen LogP contribution in [0.5, 0.6) is 0 Å². The van der Waals surface area contributed by atoms with E-state index < -0.39 is 0 Å². The number of rotatable bonds is 5. The molecular formula is C16H18N4. The Labute approximate surface area is 118 Å². The van der Waals surface area contributed by atoms with Gasteiger partial charge in [-0.05, 0) is 36.1 Å². The maximum Gasteiger partial charge on any atom is 0.0560 e. The predicted octanol–water partition coefficient (Wildman–Crippen LogP) is 2.61. The second-order valence-corrected chi connectivity index (χ2v) is 5.07. The Balaban J connectivity index is 1.61. The van der Waals surface area contributed by atoms with Crippen molar-refractivity contribution in [3.05, 3.63) is 60.7 Å². The zero-order chi connectivity index (χ0) is 13.8. The fourth-order valence-corrected chi connectivity index (χ4v) is 2.29. The second kappa shape index (κ2) is 5.84. The summed E-state index contributed by atoms with van der Waals surface area (Å²) in [6.07, 6.45) is 7.53. The molecule has 0 amide bonds. The molecule has 0 saturated carbocycles. The van der Waals surface area contributed by atoms with Crippen molar-refractivity contribution < 1.29 is 0 Å². The first-order chi connectivity index (χ1) is 9.81. The third kappa shape index (κ3) is 3.03. The largest absolute Gasteiger partial charge is 0.308 e. The summed E-state index contributed by atoms with van der Waals surface area (Å²) in [5, 5.41) is 10.2. The smallest absolute Gasteiger partial charge is 0.0560 e. The number of fused-ring (bicyclic) bond motifs is 1. The zero-order valence-corrected chi connectivity index (χ0v) is 11.5. The molecule has 3 rings (SSSR count). The average Bonchev–Trinajstić information content (AvgIpc) is 2.98. The van der Waals surface area contributed by atoms with Crippen LogP contribution in [0.25, 0.3) is 10.8 Å². The van der Waals surface area contributed by atoms with E-state index in [9.17, 15) is 0 Å². The van der Waals surface area contributed by atoms with Gasteiger partial charge in [0.15, 0.2) is 0 Å². The Hall–Kier alpha value is -2.20. The number of hydrogen-bond donors (Lipinski definition) is 1. The first-order valence-corrected chi connectivity index (χ1v) is 6.85. The number of hydrogen-bond acceptors (Lipinski definition) is 3. The first kappa shape index (κ1) is 12.8. The van der Waals surface area contributed by atoms with Gasteiger partial charge >= 0.3 is 0 Å². The van der Waals surface area contributed by atoms with E-state index in [1.807, 2.05) is 41.6 Å². The van der Waals surface area contributed by atoms with Gasteiger partial charge < -0.3 is 5.32 Å². The molecule has 102 valence electrons. The molecule has 0 radical (unpaired) electrons. The maximum absolute atomic E-state index is 4.22. The number of pyridine rings is 1. The molecule has 1 N–H and O–H groups in total. The zero-order valence-electron chi connectivity index (χ0n) is 11.5. The Kier molecular flexibility index (Phi) is 3.74. The van der Waals surface area contributed by atoms with Crippen LogP contribution in [-0.4, -0.2) is 20.8 Å². The fourth-order valence-electron chi connectivity index (χ4n) is 2.29. The number of nitrogens with one attached hydrogen (secondary N) is 1. The quantitative estimate of drug-likeness (QED) is 0.772. The van der Waals surface area contributed by atoms with E-state index >= 15 is 0 Å². The van der Waals surface area contributed by atoms with Crippen LogP contribution in [0.4, 0.5) is 0 Å². The third-order valence-corrected chi connectivity index (χ3v) is 3.38. The minimum Gasteiger partial charge on any atom is -0.308 e. The minimum atomic E-state index is 0.378. The van der Waals surface area contributed by atoms with Crippen LogP contribution in [0, 0.1) is 0 Å². The lowest BCUT2D eigenvalue weighted by Crippen LogP contribution is -2.30. The van der Waals surface area contributed by atoms with Crippen LogP contribution in [0.3, 0.4) is 0 Å². The normalized spacial score (nSPS) is 12.7. The van der Waals surface area contributed by atoms with Gasteiger partial charge in [0.05, 0.1) is 6.54 Å². The summed E-state index contributed by atoms with van der Waals surface area (Å²) in [6, 6.07) is 10.9. The predicted molar refractivity (Wildman–Crippen MR) is 80.3 cm³/mol. The molecule has 0 bridgehead atoms. The van der Waals surface area contributed by atoms with Crippen molar-refractivity contribution >= 4 is 10.8 Å². The standard InChI is InChI=1S/C16H18N4/c1-13(12-20-8-2-6-19-20)18-10-14-3-4-16-11-17-7-5-15(16)9-14/h2-9,11,13,18H,10,12H2,1H3. The Bertz CT molecular complexity index is 676. The van der Waals surface area contributed by atoms with Crippen LogP contribution in [0.2, 0.25) is 0 Å². The second-order valence-electron chi connectivity index (χ2n) is 5.07. The van der Waals surface area contributed by atoms with Gasteiger partial charge in [-0.2, -0.15) is 5.10 Å². The molecule has 1 unspecified atom stereocenters. The SMILES string of the molecule is CC(Cn1cccn1)NCc1ccc2cnccc2c1. The van der Waals surface area contributed by atoms with E-state index in [-0.39, 0.29) is 0 Å². The summed E-state index contributed by atoms with van der Waals surface area (Å²) in [5.74, 6) is 0. The van der Waals surface area contributed by atoms with Crippen LogP contribution in [0.15, 0.2) is 55.1 Å². The molecule has 4 heteroatoms. The summed E-state index contributed by atoms with van der Waals surface area (Å²) in [6.45, 7) is 3.91. The summed E-state index contributed by atoms with van der Waals surface area (Å²) >= 11 is 0. The highest BCUT2D eigenvalue weighted by molar-refractivity contribution is 5.81. The third-order valence-electron chi connectivity index (χ3n) is 3.38. The van der Waals surface area contributed by atoms with Gasteiger partial charge in [-0.3, -0.25) is 9.67 Å². The van der Waals surface area contributed by atoms with Gasteiger partial charge in [-0.25, -0.2) is 0 Å². The summed E-state index contributed by atoms with van der Waals surface area (Å²) in [5.41, 5.74) is 1.29. The first-order valence-electron chi connectivity index (χ1n) is 6.85. The number of aromatic nitrogens is 3. The topological polar surface area (TPSA) is 42.7 Å². The van der Waals surface area contributed by atoms with Gasteiger partial charge in [-0.15, -0.1) is 0 Å². The molecule has 0 fully saturated rings. The van der Waals surface area contributed by atoms with Crippen molar-refractivity contribution in [2.45, 2.75) is 26.1 Å². The Morgan fingerprint density at radius 1 is 1.20 bits per heavy atom. The highest BCUT2D eigenvalue weighted by Crippen LogP contribution is 2.14. The summed E-state index contributed by atoms with van der Waals surface area (Å²) in [7, 11) is 0. The molecule has 4 nitrogen and oxygen atoms in total. The lowest BCUT2D eigenvalue weighted by molar-refractivity contribution is 0.451. The molecule has 0 aliphatic carbocycles. The highest BCUT2D eigenvalue weighted by Gasteiger charge is 2.03. The number of benzene rings is 1. The van der Waals surface area contributed by atoms with Crippen LogP contribution < -0.4 is 5.32 Å². The van der Waals surface area contributed by atoms with Crippen LogP contribution >= 0.6 is 0 Å². The van der Waals surface area contributed by atoms with Crippen molar-refractivity contribution in [1.82, 2.24) is 20.1 Å². The highest BCUT2D eigenvalue weighted by atomic mass is 15.3. The van der Waals surface area contributed by atoms with Gasteiger partial charge in [-0.1, -0.05) is 12.1 Å². The van der Waals surface area contributed by atoms with E-state index in [1.165, 1.54) is 16.3 Å². The molecule has 1 atom stereocenters. The maximum atomic E-state index is 4.22. The van der Waals surface area contributed by atoms with Crippen molar-refractivity contribution in [3.63, 3.8) is 0 Å². The molecule has 0 saturated heterocycles. The summed E-state index contributed by atoms with van der Waals surface area (Å²) < 4.78 is 1.95. The van der Waals surface area contributed by atoms with Crippen LogP contribution in [-0.2, 0) is 13.1 Å². The summed E-state index contributed by atoms with van der Waals surface area (Å²) in [4.78, 5) is 4.13. The van der Waals surface area contributed by atoms with Crippen molar-refractivity contribution in [2.24, 2.45) is 0 Å². The minimum absolute atomic E-state index is 0.378. The Morgan fingerprint density at radius 2 is 2.15 bits per heavy atom. The van der Waals surface area contributed by atoms with Crippen molar-refractivity contribution in [3.8, 4) is 0 Å². The van der Waals surface area contributed by atoms with Gasteiger partial charge in [0, 0.05) is 42.8 Å². The van der Waals surface area contributed by atoms with Gasteiger partial charge in [0.2, 0.25) is 0 Å². The van der Waals surface area contributed by atoms with Crippen LogP contribution in [0.1, 0.15) is 12.5 Å². The monoisotopic (exact) mass is 266 g/mol. The van der Waals surface area contributed by atoms with Crippen molar-refractivity contribution in [2.75, 3.05) is 0 Å². The van der Waals surface area contributed by atoms with Gasteiger partial charge in [0.25, 0.3) is 0 Å². The molecule has 0 spiro atoms. The molecule has 1 aromatic carbocycles. The fraction of sp³-hybridized carbons (Fsp3) is 0.250. The van der Waals surface area contributed by atoms with E-state index in [2.05, 4.69) is 40.5 Å².